The number of hydrogen-bond donors (Lipinski definition) is 5. The standard InChI is InChI=1S/C55H87N5O13/c1-14-44-55(10,66)48(62)37(6)59(12)31-33(2)29-53(8,65)50(35(4)47(36(5)51(64)71-44)72-45-30-54(9,67-13)49(63)38(7)69-45)73-52-46(61)43(28-34(3)68-52)58(11)26-25-40-32-60(57-56-40)27-24-39-20-22-42(23-21-39)70-41-18-16-15-17-19-41/h15-23,32-38,43-50,52,61-63,65-66H,14,24-31H2,1-13H3/t33-,34-,35+,36-,37-,38+,43+,44-,45+,46-,47+,48-,49+,50-,52+,53-,54-,55-/m1/s1. The van der Waals surface area contributed by atoms with Crippen molar-refractivity contribution in [3.05, 3.63) is 72.1 Å². The molecule has 4 heterocycles. The number of methoxy groups -OCH3 is 1. The minimum atomic E-state index is -1.83. The topological polar surface area (TPSA) is 220 Å². The number of hydrogen-bond acceptors (Lipinski definition) is 17. The van der Waals surface area contributed by atoms with Gasteiger partial charge in [0.2, 0.25) is 0 Å². The largest absolute Gasteiger partial charge is 0.459 e. The van der Waals surface area contributed by atoms with Crippen LogP contribution >= 0.6 is 0 Å². The SMILES string of the molecule is CC[C@H]1OC(=O)[C@H](C)[C@@H](O[C@H]2C[C@@](C)(OC)[C@@H](O)[C@H](C)O2)[C@H](C)[C@@H](O[C@@H]2O[C@H](C)C[C@H](N(C)CCc3cn(CCc4ccc(Oc5ccccc5)cc4)nn3)[C@H]2O)[C@](C)(O)C[C@@H](C)CN(C)[C@H](C)[C@@H](O)[C@]1(C)O. The third kappa shape index (κ3) is 14.4. The van der Waals surface area contributed by atoms with Crippen LogP contribution in [0.4, 0.5) is 0 Å². The highest BCUT2D eigenvalue weighted by atomic mass is 16.7. The Kier molecular flexibility index (Phi) is 20.1. The molecular weight excluding hydrogens is 939 g/mol. The summed E-state index contributed by atoms with van der Waals surface area (Å²) >= 11 is 0. The third-order valence-corrected chi connectivity index (χ3v) is 15.9. The van der Waals surface area contributed by atoms with Crippen LogP contribution in [0.5, 0.6) is 11.5 Å². The van der Waals surface area contributed by atoms with Gasteiger partial charge in [0.05, 0.1) is 47.2 Å². The van der Waals surface area contributed by atoms with Crippen molar-refractivity contribution in [3.8, 4) is 11.5 Å². The van der Waals surface area contributed by atoms with Crippen molar-refractivity contribution in [2.75, 3.05) is 34.3 Å². The minimum absolute atomic E-state index is 0.106. The number of rotatable bonds is 15. The first kappa shape index (κ1) is 58.6. The maximum absolute atomic E-state index is 14.5. The second kappa shape index (κ2) is 25.0. The van der Waals surface area contributed by atoms with Crippen molar-refractivity contribution in [2.24, 2.45) is 17.8 Å². The zero-order valence-electron chi connectivity index (χ0n) is 45.5. The smallest absolute Gasteiger partial charge is 0.311 e. The maximum atomic E-state index is 14.5. The molecule has 0 amide bonds. The Morgan fingerprint density at radius 1 is 0.877 bits per heavy atom. The Morgan fingerprint density at radius 3 is 2.21 bits per heavy atom. The number of aromatic nitrogens is 3. The van der Waals surface area contributed by atoms with Crippen LogP contribution in [-0.2, 0) is 52.6 Å². The molecular formula is C55H87N5O13. The van der Waals surface area contributed by atoms with E-state index in [1.165, 1.54) is 14.0 Å². The Morgan fingerprint density at radius 2 is 1.55 bits per heavy atom. The average Bonchev–Trinajstić information content (AvgIpc) is 3.82. The first-order valence-corrected chi connectivity index (χ1v) is 26.3. The zero-order valence-corrected chi connectivity index (χ0v) is 45.5. The van der Waals surface area contributed by atoms with Gasteiger partial charge < -0.3 is 68.5 Å². The number of cyclic esters (lactones) is 1. The lowest BCUT2D eigenvalue weighted by molar-refractivity contribution is -0.318. The van der Waals surface area contributed by atoms with Crippen molar-refractivity contribution < 1.29 is 63.5 Å². The number of benzene rings is 2. The van der Waals surface area contributed by atoms with Crippen LogP contribution in [0.2, 0.25) is 0 Å². The van der Waals surface area contributed by atoms with Gasteiger partial charge in [0.1, 0.15) is 41.5 Å². The Bertz CT molecular complexity index is 2170. The molecule has 3 aliphatic rings. The maximum Gasteiger partial charge on any atom is 0.311 e. The van der Waals surface area contributed by atoms with E-state index in [2.05, 4.69) is 27.3 Å². The van der Waals surface area contributed by atoms with Crippen LogP contribution < -0.4 is 4.74 Å². The van der Waals surface area contributed by atoms with Crippen molar-refractivity contribution in [2.45, 2.75) is 205 Å². The van der Waals surface area contributed by atoms with Gasteiger partial charge in [-0.1, -0.05) is 56.3 Å². The lowest BCUT2D eigenvalue weighted by Gasteiger charge is -2.49. The summed E-state index contributed by atoms with van der Waals surface area (Å²) in [5, 5.41) is 68.6. The first-order chi connectivity index (χ1) is 34.4. The van der Waals surface area contributed by atoms with Crippen LogP contribution in [0.3, 0.4) is 0 Å². The molecule has 3 fully saturated rings. The molecule has 2 aromatic carbocycles. The van der Waals surface area contributed by atoms with E-state index in [1.807, 2.05) is 93.1 Å². The fourth-order valence-corrected chi connectivity index (χ4v) is 11.3. The Balaban J connectivity index is 1.21. The summed E-state index contributed by atoms with van der Waals surface area (Å²) in [7, 11) is 5.30. The number of aliphatic hydroxyl groups excluding tert-OH is 3. The summed E-state index contributed by atoms with van der Waals surface area (Å²) in [6.45, 7) is 19.2. The highest BCUT2D eigenvalue weighted by Crippen LogP contribution is 2.40. The van der Waals surface area contributed by atoms with Gasteiger partial charge in [-0.2, -0.15) is 0 Å². The van der Waals surface area contributed by atoms with E-state index in [0.29, 0.717) is 32.5 Å². The van der Waals surface area contributed by atoms with E-state index in [-0.39, 0.29) is 31.3 Å². The molecule has 0 saturated carbocycles. The summed E-state index contributed by atoms with van der Waals surface area (Å²) in [5.74, 6) is -1.21. The second-order valence-corrected chi connectivity index (χ2v) is 22.2. The minimum Gasteiger partial charge on any atom is -0.459 e. The van der Waals surface area contributed by atoms with Gasteiger partial charge in [0.15, 0.2) is 12.6 Å². The molecule has 73 heavy (non-hydrogen) atoms. The molecule has 1 aromatic heterocycles. The number of aryl methyl sites for hydroxylation is 2. The lowest BCUT2D eigenvalue weighted by Crippen LogP contribution is -2.61. The van der Waals surface area contributed by atoms with Crippen molar-refractivity contribution in [1.29, 1.82) is 0 Å². The molecule has 18 heteroatoms. The number of esters is 1. The normalized spacial score (nSPS) is 38.6. The molecule has 0 unspecified atom stereocenters. The number of carbonyl (C=O) groups excluding carboxylic acids is 1. The predicted molar refractivity (Wildman–Crippen MR) is 274 cm³/mol. The fraction of sp³-hybridized carbons (Fsp3) is 0.727. The van der Waals surface area contributed by atoms with Crippen molar-refractivity contribution in [3.63, 3.8) is 0 Å². The lowest BCUT2D eigenvalue weighted by atomic mass is 9.77. The van der Waals surface area contributed by atoms with Gasteiger partial charge in [0.25, 0.3) is 0 Å². The summed E-state index contributed by atoms with van der Waals surface area (Å²) in [6.07, 6.45) is -5.67. The van der Waals surface area contributed by atoms with Crippen LogP contribution in [-0.4, -0.2) is 181 Å². The van der Waals surface area contributed by atoms with E-state index in [9.17, 15) is 30.3 Å². The highest BCUT2D eigenvalue weighted by molar-refractivity contribution is 5.73. The summed E-state index contributed by atoms with van der Waals surface area (Å²) < 4.78 is 46.1. The van der Waals surface area contributed by atoms with E-state index in [1.54, 1.807) is 41.5 Å². The van der Waals surface area contributed by atoms with Crippen molar-refractivity contribution >= 4 is 5.97 Å². The molecule has 0 bridgehead atoms. The molecule has 3 aromatic rings. The van der Waals surface area contributed by atoms with Crippen LogP contribution in [0, 0.1) is 17.8 Å². The summed E-state index contributed by atoms with van der Waals surface area (Å²) in [6, 6.07) is 16.7. The van der Waals surface area contributed by atoms with Gasteiger partial charge in [0, 0.05) is 63.8 Å². The number of aliphatic hydroxyl groups is 5. The number of nitrogens with zero attached hydrogens (tertiary/aromatic N) is 5. The predicted octanol–water partition coefficient (Wildman–Crippen LogP) is 5.14. The van der Waals surface area contributed by atoms with Gasteiger partial charge in [-0.15, -0.1) is 5.10 Å². The second-order valence-electron chi connectivity index (χ2n) is 22.2. The molecule has 18 atom stereocenters. The Labute approximate surface area is 433 Å². The Hall–Kier alpha value is -3.63. The van der Waals surface area contributed by atoms with Gasteiger partial charge in [-0.3, -0.25) is 9.48 Å². The quantitative estimate of drug-likeness (QED) is 0.125. The first-order valence-electron chi connectivity index (χ1n) is 26.3. The van der Waals surface area contributed by atoms with E-state index >= 15 is 0 Å². The zero-order chi connectivity index (χ0) is 53.6. The number of para-hydroxylation sites is 1. The molecule has 3 aliphatic heterocycles. The molecule has 0 aliphatic carbocycles. The van der Waals surface area contributed by atoms with Crippen LogP contribution in [0.1, 0.15) is 106 Å². The molecule has 18 nitrogen and oxygen atoms in total. The number of likely N-dealkylation sites (N-methyl/N-ethyl adjacent to an activating group) is 2. The third-order valence-electron chi connectivity index (χ3n) is 15.9. The molecule has 6 rings (SSSR count). The van der Waals surface area contributed by atoms with Crippen molar-refractivity contribution in [1.82, 2.24) is 24.8 Å². The average molecular weight is 1030 g/mol. The van der Waals surface area contributed by atoms with Gasteiger partial charge in [-0.05, 0) is 124 Å². The van der Waals surface area contributed by atoms with Crippen LogP contribution in [0.25, 0.3) is 0 Å². The molecule has 0 spiro atoms. The monoisotopic (exact) mass is 1030 g/mol. The van der Waals surface area contributed by atoms with E-state index in [0.717, 1.165) is 29.2 Å². The highest BCUT2D eigenvalue weighted by Gasteiger charge is 2.53. The molecule has 3 saturated heterocycles. The van der Waals surface area contributed by atoms with Gasteiger partial charge >= 0.3 is 5.97 Å². The van der Waals surface area contributed by atoms with E-state index in [4.69, 9.17) is 33.2 Å². The van der Waals surface area contributed by atoms with Crippen LogP contribution in [0.15, 0.2) is 60.8 Å². The molecule has 0 radical (unpaired) electrons. The van der Waals surface area contributed by atoms with Gasteiger partial charge in [-0.25, -0.2) is 0 Å². The van der Waals surface area contributed by atoms with E-state index < -0.39 is 102 Å². The molecule has 5 N–H and O–H groups in total. The summed E-state index contributed by atoms with van der Waals surface area (Å²) in [5.41, 5.74) is -2.56. The fourth-order valence-electron chi connectivity index (χ4n) is 11.3. The molecule has 410 valence electrons. The number of carbonyl (C=O) groups is 1. The number of ether oxygens (including phenoxy) is 7. The summed E-state index contributed by atoms with van der Waals surface area (Å²) in [4.78, 5) is 18.5.